The van der Waals surface area contributed by atoms with E-state index in [1.165, 1.54) is 0 Å². The first-order chi connectivity index (χ1) is 11.6. The van der Waals surface area contributed by atoms with Gasteiger partial charge in [0.25, 0.3) is 0 Å². The molecule has 1 aliphatic rings. The van der Waals surface area contributed by atoms with Gasteiger partial charge in [-0.25, -0.2) is 9.78 Å². The van der Waals surface area contributed by atoms with E-state index in [0.29, 0.717) is 43.8 Å². The third kappa shape index (κ3) is 5.10. The molecule has 130 valence electrons. The zero-order valence-corrected chi connectivity index (χ0v) is 13.9. The van der Waals surface area contributed by atoms with Crippen LogP contribution in [0.15, 0.2) is 18.2 Å². The number of hydrogen-bond donors (Lipinski definition) is 1. The normalized spacial score (nSPS) is 16.3. The number of aliphatic hydroxyl groups excluding tert-OH is 1. The Morgan fingerprint density at radius 1 is 1.50 bits per heavy atom. The number of hydrogen-bond acceptors (Lipinski definition) is 6. The van der Waals surface area contributed by atoms with Crippen LogP contribution >= 0.6 is 0 Å². The lowest BCUT2D eigenvalue weighted by atomic mass is 9.98. The van der Waals surface area contributed by atoms with Crippen molar-refractivity contribution in [3.05, 3.63) is 23.9 Å². The van der Waals surface area contributed by atoms with Crippen LogP contribution in [0.25, 0.3) is 0 Å². The van der Waals surface area contributed by atoms with E-state index in [9.17, 15) is 9.90 Å². The fraction of sp³-hybridized carbons (Fsp3) is 0.588. The van der Waals surface area contributed by atoms with Gasteiger partial charge in [-0.1, -0.05) is 6.07 Å². The predicted octanol–water partition coefficient (Wildman–Crippen LogP) is 2.28. The molecule has 2 heterocycles. The Morgan fingerprint density at radius 3 is 2.92 bits per heavy atom. The number of piperidine rings is 1. The van der Waals surface area contributed by atoms with Gasteiger partial charge < -0.3 is 19.5 Å². The number of pyridine rings is 1. The smallest absolute Gasteiger partial charge is 0.409 e. The van der Waals surface area contributed by atoms with E-state index < -0.39 is 6.10 Å². The third-order valence-corrected chi connectivity index (χ3v) is 3.98. The zero-order chi connectivity index (χ0) is 17.4. The van der Waals surface area contributed by atoms with Crippen molar-refractivity contribution >= 4 is 6.09 Å². The van der Waals surface area contributed by atoms with Crippen LogP contribution in [0.5, 0.6) is 5.88 Å². The molecule has 0 radical (unpaired) electrons. The summed E-state index contributed by atoms with van der Waals surface area (Å²) < 4.78 is 10.7. The molecule has 0 unspecified atom stereocenters. The first-order valence-corrected chi connectivity index (χ1v) is 8.20. The number of likely N-dealkylation sites (tertiary alicyclic amines) is 1. The van der Waals surface area contributed by atoms with Gasteiger partial charge in [0.15, 0.2) is 0 Å². The number of aromatic nitrogens is 1. The van der Waals surface area contributed by atoms with Gasteiger partial charge in [-0.05, 0) is 31.7 Å². The molecule has 0 spiro atoms. The molecule has 0 bridgehead atoms. The highest BCUT2D eigenvalue weighted by Crippen LogP contribution is 2.21. The molecule has 1 aliphatic heterocycles. The number of amides is 1. The van der Waals surface area contributed by atoms with Gasteiger partial charge in [0, 0.05) is 19.2 Å². The molecule has 0 aliphatic carbocycles. The van der Waals surface area contributed by atoms with Crippen LogP contribution in [0, 0.1) is 17.2 Å². The maximum Gasteiger partial charge on any atom is 0.409 e. The Kier molecular flexibility index (Phi) is 6.82. The Bertz CT molecular complexity index is 579. The minimum Gasteiger partial charge on any atom is -0.477 e. The van der Waals surface area contributed by atoms with Crippen molar-refractivity contribution in [3.63, 3.8) is 0 Å². The second-order valence-electron chi connectivity index (χ2n) is 5.72. The molecule has 1 amide bonds. The molecule has 1 N–H and O–H groups in total. The molecule has 1 aromatic heterocycles. The Hall–Kier alpha value is -2.33. The lowest BCUT2D eigenvalue weighted by Crippen LogP contribution is -2.40. The lowest BCUT2D eigenvalue weighted by Gasteiger charge is -2.30. The molecule has 7 nitrogen and oxygen atoms in total. The quantitative estimate of drug-likeness (QED) is 0.858. The summed E-state index contributed by atoms with van der Waals surface area (Å²) in [5.74, 6) is 0.794. The first-order valence-electron chi connectivity index (χ1n) is 8.20. The van der Waals surface area contributed by atoms with Crippen molar-refractivity contribution in [1.29, 1.82) is 5.26 Å². The van der Waals surface area contributed by atoms with Crippen LogP contribution in [-0.4, -0.2) is 47.4 Å². The van der Waals surface area contributed by atoms with E-state index in [1.54, 1.807) is 30.0 Å². The molecule has 1 fully saturated rings. The van der Waals surface area contributed by atoms with Gasteiger partial charge in [-0.15, -0.1) is 0 Å². The summed E-state index contributed by atoms with van der Waals surface area (Å²) in [6.45, 7) is 4.04. The summed E-state index contributed by atoms with van der Waals surface area (Å²) in [5, 5.41) is 18.4. The fourth-order valence-corrected chi connectivity index (χ4v) is 2.59. The van der Waals surface area contributed by atoms with Gasteiger partial charge >= 0.3 is 6.09 Å². The van der Waals surface area contributed by atoms with Crippen molar-refractivity contribution in [1.82, 2.24) is 9.88 Å². The highest BCUT2D eigenvalue weighted by atomic mass is 16.6. The SMILES string of the molecule is CCOC(=O)N1CCC(COc2cccc([C@H](O)CC#N)n2)CC1. The topological polar surface area (TPSA) is 95.7 Å². The number of carbonyl (C=O) groups excluding carboxylic acids is 1. The van der Waals surface area contributed by atoms with E-state index in [0.717, 1.165) is 12.8 Å². The molecular weight excluding hydrogens is 310 g/mol. The Labute approximate surface area is 141 Å². The maximum atomic E-state index is 11.7. The summed E-state index contributed by atoms with van der Waals surface area (Å²) in [6, 6.07) is 7.08. The average molecular weight is 333 g/mol. The van der Waals surface area contributed by atoms with Gasteiger partial charge in [0.1, 0.15) is 6.10 Å². The molecule has 2 rings (SSSR count). The summed E-state index contributed by atoms with van der Waals surface area (Å²) in [5.41, 5.74) is 0.436. The lowest BCUT2D eigenvalue weighted by molar-refractivity contribution is 0.0839. The van der Waals surface area contributed by atoms with Crippen molar-refractivity contribution in [2.75, 3.05) is 26.3 Å². The second-order valence-corrected chi connectivity index (χ2v) is 5.72. The van der Waals surface area contributed by atoms with E-state index in [2.05, 4.69) is 4.98 Å². The van der Waals surface area contributed by atoms with E-state index in [1.807, 2.05) is 6.07 Å². The molecule has 1 saturated heterocycles. The summed E-state index contributed by atoms with van der Waals surface area (Å²) >= 11 is 0. The number of rotatable bonds is 6. The van der Waals surface area contributed by atoms with Gasteiger partial charge in [0.2, 0.25) is 5.88 Å². The van der Waals surface area contributed by atoms with Gasteiger partial charge in [-0.3, -0.25) is 0 Å². The van der Waals surface area contributed by atoms with Crippen molar-refractivity contribution in [2.45, 2.75) is 32.3 Å². The summed E-state index contributed by atoms with van der Waals surface area (Å²) in [6.07, 6.45) is 0.567. The molecule has 0 saturated carbocycles. The summed E-state index contributed by atoms with van der Waals surface area (Å²) in [4.78, 5) is 17.6. The van der Waals surface area contributed by atoms with E-state index in [4.69, 9.17) is 14.7 Å². The fourth-order valence-electron chi connectivity index (χ4n) is 2.59. The van der Waals surface area contributed by atoms with Crippen LogP contribution in [0.4, 0.5) is 4.79 Å². The van der Waals surface area contributed by atoms with Crippen LogP contribution in [0.3, 0.4) is 0 Å². The predicted molar refractivity (Wildman–Crippen MR) is 86.2 cm³/mol. The molecular formula is C17H23N3O4. The Morgan fingerprint density at radius 2 is 2.25 bits per heavy atom. The van der Waals surface area contributed by atoms with Crippen molar-refractivity contribution < 1.29 is 19.4 Å². The van der Waals surface area contributed by atoms with E-state index >= 15 is 0 Å². The molecule has 24 heavy (non-hydrogen) atoms. The van der Waals surface area contributed by atoms with Gasteiger partial charge in [-0.2, -0.15) is 5.26 Å². The van der Waals surface area contributed by atoms with Crippen molar-refractivity contribution in [2.24, 2.45) is 5.92 Å². The number of nitriles is 1. The molecule has 1 atom stereocenters. The standard InChI is InChI=1S/C17H23N3O4/c1-2-23-17(22)20-10-7-13(8-11-20)12-24-16-5-3-4-14(19-16)15(21)6-9-18/h3-5,13,15,21H,2,6-8,10-12H2,1H3/t15-/m1/s1. The first kappa shape index (κ1) is 18.0. The van der Waals surface area contributed by atoms with Crippen LogP contribution in [0.2, 0.25) is 0 Å². The van der Waals surface area contributed by atoms with Crippen LogP contribution in [0.1, 0.15) is 38.0 Å². The minimum absolute atomic E-state index is 0.00275. The second kappa shape index (κ2) is 9.08. The number of ether oxygens (including phenoxy) is 2. The van der Waals surface area contributed by atoms with Crippen molar-refractivity contribution in [3.8, 4) is 11.9 Å². The Balaban J connectivity index is 1.79. The largest absolute Gasteiger partial charge is 0.477 e. The average Bonchev–Trinajstić information content (AvgIpc) is 2.61. The third-order valence-electron chi connectivity index (χ3n) is 3.98. The highest BCUT2D eigenvalue weighted by molar-refractivity contribution is 5.67. The zero-order valence-electron chi connectivity index (χ0n) is 13.9. The minimum atomic E-state index is -0.897. The number of carbonyl (C=O) groups is 1. The number of nitrogens with zero attached hydrogens (tertiary/aromatic N) is 3. The molecule has 7 heteroatoms. The maximum absolute atomic E-state index is 11.7. The molecule has 0 aromatic carbocycles. The van der Waals surface area contributed by atoms with Crippen LogP contribution in [-0.2, 0) is 4.74 Å². The number of aliphatic hydroxyl groups is 1. The summed E-state index contributed by atoms with van der Waals surface area (Å²) in [7, 11) is 0. The molecule has 1 aromatic rings. The highest BCUT2D eigenvalue weighted by Gasteiger charge is 2.24. The van der Waals surface area contributed by atoms with Gasteiger partial charge in [0.05, 0.1) is 31.4 Å². The van der Waals surface area contributed by atoms with E-state index in [-0.39, 0.29) is 12.5 Å². The monoisotopic (exact) mass is 333 g/mol. The van der Waals surface area contributed by atoms with Crippen LogP contribution < -0.4 is 4.74 Å².